The van der Waals surface area contributed by atoms with Crippen molar-refractivity contribution in [2.24, 2.45) is 0 Å². The molecule has 0 spiro atoms. The molecule has 0 heterocycles. The van der Waals surface area contributed by atoms with Crippen LogP contribution in [-0.4, -0.2) is 21.5 Å². The van der Waals surface area contributed by atoms with Crippen molar-refractivity contribution in [3.05, 3.63) is 65.2 Å². The molecule has 0 saturated heterocycles. The van der Waals surface area contributed by atoms with E-state index in [9.17, 15) is 34.8 Å². The van der Waals surface area contributed by atoms with E-state index in [1.54, 1.807) is 0 Å². The van der Waals surface area contributed by atoms with Crippen LogP contribution in [0.4, 0.5) is 26.3 Å². The highest BCUT2D eigenvalue weighted by Gasteiger charge is 2.38. The minimum atomic E-state index is -5.12. The summed E-state index contributed by atoms with van der Waals surface area (Å²) in [5.41, 5.74) is -2.36. The summed E-state index contributed by atoms with van der Waals surface area (Å²) in [6, 6.07) is 9.60. The minimum absolute atomic E-state index is 0.119. The van der Waals surface area contributed by atoms with Crippen LogP contribution in [0.1, 0.15) is 23.1 Å². The van der Waals surface area contributed by atoms with Gasteiger partial charge in [-0.1, -0.05) is 30.3 Å². The van der Waals surface area contributed by atoms with E-state index < -0.39 is 38.4 Å². The Morgan fingerprint density at radius 3 is 1.86 bits per heavy atom. The number of benzene rings is 2. The van der Waals surface area contributed by atoms with Gasteiger partial charge in [0, 0.05) is 13.1 Å². The molecular formula is C18H18F6N2O2S. The van der Waals surface area contributed by atoms with Crippen molar-refractivity contribution in [1.82, 2.24) is 10.0 Å². The van der Waals surface area contributed by atoms with Gasteiger partial charge in [0.2, 0.25) is 10.0 Å². The van der Waals surface area contributed by atoms with Crippen molar-refractivity contribution in [3.63, 3.8) is 0 Å². The molecule has 4 nitrogen and oxygen atoms in total. The largest absolute Gasteiger partial charge is 0.416 e. The Hall–Kier alpha value is -2.11. The third-order valence-corrected chi connectivity index (χ3v) is 5.31. The summed E-state index contributed by atoms with van der Waals surface area (Å²) in [4.78, 5) is -1.09. The summed E-state index contributed by atoms with van der Waals surface area (Å²) in [5, 5.41) is 3.05. The predicted molar refractivity (Wildman–Crippen MR) is 94.4 cm³/mol. The number of hydrogen-bond donors (Lipinski definition) is 2. The lowest BCUT2D eigenvalue weighted by atomic mass is 10.1. The van der Waals surface area contributed by atoms with Crippen LogP contribution in [0.25, 0.3) is 0 Å². The number of alkyl halides is 6. The fourth-order valence-electron chi connectivity index (χ4n) is 2.41. The molecular weight excluding hydrogens is 422 g/mol. The van der Waals surface area contributed by atoms with E-state index in [4.69, 9.17) is 0 Å². The van der Waals surface area contributed by atoms with Crippen molar-refractivity contribution < 1.29 is 34.8 Å². The first-order valence-electron chi connectivity index (χ1n) is 8.43. The topological polar surface area (TPSA) is 58.2 Å². The van der Waals surface area contributed by atoms with Crippen molar-refractivity contribution in [2.75, 3.05) is 13.1 Å². The molecule has 0 amide bonds. The molecule has 29 heavy (non-hydrogen) atoms. The second-order valence-electron chi connectivity index (χ2n) is 6.16. The number of sulfonamides is 1. The number of nitrogens with one attached hydrogen (secondary N) is 2. The fourth-order valence-corrected chi connectivity index (χ4v) is 3.56. The Kier molecular flexibility index (Phi) is 7.30. The molecule has 2 aromatic carbocycles. The second kappa shape index (κ2) is 9.14. The van der Waals surface area contributed by atoms with Gasteiger partial charge < -0.3 is 5.32 Å². The van der Waals surface area contributed by atoms with E-state index in [1.165, 1.54) is 0 Å². The molecule has 2 rings (SSSR count). The summed E-state index contributed by atoms with van der Waals surface area (Å²) in [7, 11) is -4.54. The Balaban J connectivity index is 2.00. The molecule has 0 aliphatic carbocycles. The van der Waals surface area contributed by atoms with Crippen LogP contribution in [-0.2, 0) is 28.9 Å². The molecule has 0 aliphatic rings. The molecule has 0 radical (unpaired) electrons. The minimum Gasteiger partial charge on any atom is -0.313 e. The second-order valence-corrected chi connectivity index (χ2v) is 7.92. The normalized spacial score (nSPS) is 12.9. The van der Waals surface area contributed by atoms with E-state index in [2.05, 4.69) is 5.32 Å². The molecule has 0 atom stereocenters. The van der Waals surface area contributed by atoms with Crippen LogP contribution in [0.2, 0.25) is 0 Å². The lowest BCUT2D eigenvalue weighted by Crippen LogP contribution is -2.28. The Bertz CT molecular complexity index is 880. The molecule has 160 valence electrons. The van der Waals surface area contributed by atoms with Crippen molar-refractivity contribution in [1.29, 1.82) is 0 Å². The first-order valence-corrected chi connectivity index (χ1v) is 9.92. The van der Waals surface area contributed by atoms with Crippen molar-refractivity contribution in [2.45, 2.75) is 30.2 Å². The van der Waals surface area contributed by atoms with E-state index in [1.807, 2.05) is 35.1 Å². The molecule has 0 aliphatic heterocycles. The van der Waals surface area contributed by atoms with Crippen molar-refractivity contribution in [3.8, 4) is 0 Å². The highest BCUT2D eigenvalue weighted by molar-refractivity contribution is 7.89. The predicted octanol–water partition coefficient (Wildman–Crippen LogP) is 4.18. The zero-order valence-electron chi connectivity index (χ0n) is 14.9. The SMILES string of the molecule is O=S(=O)(NCCCNCc1ccccc1)c1cc(C(F)(F)F)cc(C(F)(F)F)c1. The van der Waals surface area contributed by atoms with Crippen LogP contribution < -0.4 is 10.0 Å². The standard InChI is InChI=1S/C18H18F6N2O2S/c19-17(20,21)14-9-15(18(22,23)24)11-16(10-14)29(27,28)26-8-4-7-25-12-13-5-2-1-3-6-13/h1-3,5-6,9-11,25-26H,4,7-8,12H2. The third kappa shape index (κ3) is 7.02. The zero-order chi connectivity index (χ0) is 21.7. The molecule has 0 unspecified atom stereocenters. The molecule has 2 aromatic rings. The first-order chi connectivity index (χ1) is 13.4. The van der Waals surface area contributed by atoms with E-state index in [0.29, 0.717) is 13.1 Å². The number of halogens is 6. The molecule has 2 N–H and O–H groups in total. The van der Waals surface area contributed by atoms with E-state index in [0.717, 1.165) is 5.56 Å². The average molecular weight is 440 g/mol. The van der Waals surface area contributed by atoms with Crippen LogP contribution in [0.5, 0.6) is 0 Å². The van der Waals surface area contributed by atoms with Crippen molar-refractivity contribution >= 4 is 10.0 Å². The van der Waals surface area contributed by atoms with Crippen LogP contribution >= 0.6 is 0 Å². The van der Waals surface area contributed by atoms with Crippen LogP contribution in [0, 0.1) is 0 Å². The van der Waals surface area contributed by atoms with E-state index in [-0.39, 0.29) is 31.2 Å². The summed E-state index contributed by atoms with van der Waals surface area (Å²) in [6.45, 7) is 0.783. The van der Waals surface area contributed by atoms with Gasteiger partial charge in [-0.05, 0) is 36.7 Å². The highest BCUT2D eigenvalue weighted by Crippen LogP contribution is 2.37. The maximum absolute atomic E-state index is 12.9. The monoisotopic (exact) mass is 440 g/mol. The van der Waals surface area contributed by atoms with Gasteiger partial charge in [0.05, 0.1) is 16.0 Å². The quantitative estimate of drug-likeness (QED) is 0.478. The molecule has 0 bridgehead atoms. The van der Waals surface area contributed by atoms with Gasteiger partial charge in [-0.25, -0.2) is 13.1 Å². The summed E-state index contributed by atoms with van der Waals surface area (Å²) >= 11 is 0. The molecule has 11 heteroatoms. The van der Waals surface area contributed by atoms with Gasteiger partial charge in [-0.2, -0.15) is 26.3 Å². The summed E-state index contributed by atoms with van der Waals surface area (Å²) in [5.74, 6) is 0. The maximum atomic E-state index is 12.9. The molecule has 0 aromatic heterocycles. The fraction of sp³-hybridized carbons (Fsp3) is 0.333. The van der Waals surface area contributed by atoms with Gasteiger partial charge in [-0.15, -0.1) is 0 Å². The lowest BCUT2D eigenvalue weighted by molar-refractivity contribution is -0.143. The van der Waals surface area contributed by atoms with E-state index >= 15 is 0 Å². The number of rotatable bonds is 8. The van der Waals surface area contributed by atoms with Gasteiger partial charge in [0.25, 0.3) is 0 Å². The molecule has 0 saturated carbocycles. The molecule has 0 fully saturated rings. The van der Waals surface area contributed by atoms with Gasteiger partial charge in [-0.3, -0.25) is 0 Å². The summed E-state index contributed by atoms with van der Waals surface area (Å²) in [6.07, 6.45) is -9.95. The average Bonchev–Trinajstić information content (AvgIpc) is 2.63. The lowest BCUT2D eigenvalue weighted by Gasteiger charge is -2.15. The van der Waals surface area contributed by atoms with Gasteiger partial charge >= 0.3 is 12.4 Å². The maximum Gasteiger partial charge on any atom is 0.416 e. The Morgan fingerprint density at radius 2 is 1.34 bits per heavy atom. The van der Waals surface area contributed by atoms with Crippen LogP contribution in [0.15, 0.2) is 53.4 Å². The van der Waals surface area contributed by atoms with Crippen LogP contribution in [0.3, 0.4) is 0 Å². The highest BCUT2D eigenvalue weighted by atomic mass is 32.2. The van der Waals surface area contributed by atoms with Gasteiger partial charge in [0.1, 0.15) is 0 Å². The zero-order valence-corrected chi connectivity index (χ0v) is 15.8. The number of hydrogen-bond acceptors (Lipinski definition) is 3. The first kappa shape index (κ1) is 23.2. The third-order valence-electron chi connectivity index (χ3n) is 3.87. The van der Waals surface area contributed by atoms with Gasteiger partial charge in [0.15, 0.2) is 0 Å². The Morgan fingerprint density at radius 1 is 0.793 bits per heavy atom. The Labute approximate surface area is 164 Å². The smallest absolute Gasteiger partial charge is 0.313 e. The summed E-state index contributed by atoms with van der Waals surface area (Å²) < 4.78 is 104.